The van der Waals surface area contributed by atoms with Gasteiger partial charge in [0.2, 0.25) is 29.0 Å². The zero-order valence-electron chi connectivity index (χ0n) is 19.0. The molecule has 2 heterocycles. The molecule has 178 valence electrons. The first-order valence-electron chi connectivity index (χ1n) is 11.4. The summed E-state index contributed by atoms with van der Waals surface area (Å²) in [6.07, 6.45) is -0.972. The summed E-state index contributed by atoms with van der Waals surface area (Å²) in [5.74, 6) is -5.11. The second kappa shape index (κ2) is 7.79. The number of fused-ring (bicyclic) bond motifs is 3. The fraction of sp³-hybridized carbons (Fsp3) is 0.179. The van der Waals surface area contributed by atoms with Gasteiger partial charge in [-0.3, -0.25) is 24.0 Å². The highest BCUT2D eigenvalue weighted by Gasteiger charge is 2.74. The Hall–Kier alpha value is -4.43. The lowest BCUT2D eigenvalue weighted by molar-refractivity contribution is -0.132. The van der Waals surface area contributed by atoms with Crippen molar-refractivity contribution in [2.75, 3.05) is 4.90 Å². The Labute approximate surface area is 205 Å². The van der Waals surface area contributed by atoms with Gasteiger partial charge >= 0.3 is 5.97 Å². The smallest absolute Gasteiger partial charge is 0.308 e. The predicted octanol–water partition coefficient (Wildman–Crippen LogP) is 3.31. The van der Waals surface area contributed by atoms with Crippen LogP contribution in [0.1, 0.15) is 39.3 Å². The topological polar surface area (TPSA) is 107 Å². The number of benzene rings is 3. The molecule has 2 saturated heterocycles. The zero-order chi connectivity index (χ0) is 25.2. The highest BCUT2D eigenvalue weighted by Crippen LogP contribution is 2.57. The van der Waals surface area contributed by atoms with Crippen molar-refractivity contribution in [3.05, 3.63) is 95.6 Å². The van der Waals surface area contributed by atoms with Crippen molar-refractivity contribution in [1.82, 2.24) is 0 Å². The number of hydrogen-bond acceptors (Lipinski definition) is 7. The Bertz CT molecular complexity index is 1430. The quantitative estimate of drug-likeness (QED) is 0.245. The van der Waals surface area contributed by atoms with Crippen LogP contribution >= 0.6 is 0 Å². The van der Waals surface area contributed by atoms with E-state index in [2.05, 4.69) is 0 Å². The molecule has 0 bridgehead atoms. The van der Waals surface area contributed by atoms with Crippen molar-refractivity contribution in [3.63, 3.8) is 0 Å². The monoisotopic (exact) mass is 481 g/mol. The van der Waals surface area contributed by atoms with Crippen LogP contribution in [0.15, 0.2) is 78.9 Å². The van der Waals surface area contributed by atoms with E-state index in [9.17, 15) is 24.0 Å². The molecule has 3 aromatic rings. The second-order valence-corrected chi connectivity index (χ2v) is 8.99. The molecule has 2 fully saturated rings. The average Bonchev–Trinajstić information content (AvgIpc) is 3.45. The van der Waals surface area contributed by atoms with Crippen molar-refractivity contribution in [2.45, 2.75) is 18.6 Å². The first-order valence-corrected chi connectivity index (χ1v) is 11.4. The van der Waals surface area contributed by atoms with Gasteiger partial charge in [-0.25, -0.2) is 4.90 Å². The van der Waals surface area contributed by atoms with Gasteiger partial charge in [0.1, 0.15) is 5.75 Å². The van der Waals surface area contributed by atoms with Crippen LogP contribution in [0.3, 0.4) is 0 Å². The number of esters is 1. The van der Waals surface area contributed by atoms with Crippen LogP contribution < -0.4 is 9.64 Å². The number of ether oxygens (including phenoxy) is 2. The lowest BCUT2D eigenvalue weighted by atomic mass is 9.77. The number of Topliss-reactive ketones (excluding diaryl/α,β-unsaturated/α-hetero) is 2. The molecule has 1 spiro atoms. The van der Waals surface area contributed by atoms with Gasteiger partial charge in [0, 0.05) is 18.1 Å². The molecule has 0 unspecified atom stereocenters. The first-order chi connectivity index (χ1) is 17.3. The SMILES string of the molecule is CC(=O)Oc1ccc(N2C(=O)[C@H]3[C@@H](C2=O)C2(O[C@H]3c3ccccc3)C(=O)c3ccccc3C2=O)cc1. The third-order valence-electron chi connectivity index (χ3n) is 7.00. The fourth-order valence-corrected chi connectivity index (χ4v) is 5.54. The van der Waals surface area contributed by atoms with Gasteiger partial charge in [0.25, 0.3) is 0 Å². The summed E-state index contributed by atoms with van der Waals surface area (Å²) in [7, 11) is 0. The van der Waals surface area contributed by atoms with Gasteiger partial charge < -0.3 is 9.47 Å². The zero-order valence-corrected chi connectivity index (χ0v) is 19.0. The van der Waals surface area contributed by atoms with Crippen molar-refractivity contribution in [3.8, 4) is 5.75 Å². The van der Waals surface area contributed by atoms with Crippen LogP contribution in [0.5, 0.6) is 5.75 Å². The lowest BCUT2D eigenvalue weighted by Gasteiger charge is -2.27. The molecule has 2 amide bonds. The van der Waals surface area contributed by atoms with Crippen molar-refractivity contribution < 1.29 is 33.4 Å². The largest absolute Gasteiger partial charge is 0.427 e. The Morgan fingerprint density at radius 3 is 1.97 bits per heavy atom. The Morgan fingerprint density at radius 1 is 0.806 bits per heavy atom. The standard InChI is InChI=1S/C28H19NO7/c1-15(30)35-18-13-11-17(12-14-18)29-26(33)21-22(27(29)34)28(36-23(21)16-7-3-2-4-8-16)24(31)19-9-5-6-10-20(19)25(28)32/h2-14,21-23H,1H3/t21-,22-,23-/m0/s1. The maximum absolute atomic E-state index is 13.9. The van der Waals surface area contributed by atoms with E-state index in [4.69, 9.17) is 9.47 Å². The average molecular weight is 481 g/mol. The molecular formula is C28H19NO7. The molecule has 3 aromatic carbocycles. The van der Waals surface area contributed by atoms with Crippen molar-refractivity contribution >= 4 is 35.0 Å². The third kappa shape index (κ3) is 2.88. The summed E-state index contributed by atoms with van der Waals surface area (Å²) >= 11 is 0. The molecule has 0 radical (unpaired) electrons. The van der Waals surface area contributed by atoms with Gasteiger partial charge in [-0.2, -0.15) is 0 Å². The fourth-order valence-electron chi connectivity index (χ4n) is 5.54. The summed E-state index contributed by atoms with van der Waals surface area (Å²) in [6, 6.07) is 21.0. The number of ketones is 2. The van der Waals surface area contributed by atoms with Gasteiger partial charge in [0.05, 0.1) is 23.6 Å². The maximum atomic E-state index is 13.9. The number of hydrogen-bond donors (Lipinski definition) is 0. The molecule has 6 rings (SSSR count). The maximum Gasteiger partial charge on any atom is 0.308 e. The van der Waals surface area contributed by atoms with E-state index >= 15 is 0 Å². The van der Waals surface area contributed by atoms with Gasteiger partial charge in [0.15, 0.2) is 0 Å². The molecule has 36 heavy (non-hydrogen) atoms. The van der Waals surface area contributed by atoms with Crippen molar-refractivity contribution in [2.24, 2.45) is 11.8 Å². The summed E-state index contributed by atoms with van der Waals surface area (Å²) in [5.41, 5.74) is -0.922. The molecule has 2 aliphatic heterocycles. The molecular weight excluding hydrogens is 462 g/mol. The number of anilines is 1. The van der Waals surface area contributed by atoms with E-state index in [1.54, 1.807) is 42.5 Å². The number of carbonyl (C=O) groups is 5. The molecule has 3 aliphatic rings. The Kier molecular flexibility index (Phi) is 4.77. The summed E-state index contributed by atoms with van der Waals surface area (Å²) in [5, 5.41) is 0. The minimum Gasteiger partial charge on any atom is -0.427 e. The van der Waals surface area contributed by atoms with Gasteiger partial charge in [-0.1, -0.05) is 54.6 Å². The summed E-state index contributed by atoms with van der Waals surface area (Å²) < 4.78 is 11.3. The van der Waals surface area contributed by atoms with Crippen LogP contribution in [0.2, 0.25) is 0 Å². The van der Waals surface area contributed by atoms with Crippen LogP contribution in [0, 0.1) is 11.8 Å². The minimum atomic E-state index is -2.12. The van der Waals surface area contributed by atoms with Crippen LogP contribution in [0.4, 0.5) is 5.69 Å². The highest BCUT2D eigenvalue weighted by molar-refractivity contribution is 6.37. The molecule has 8 nitrogen and oxygen atoms in total. The predicted molar refractivity (Wildman–Crippen MR) is 125 cm³/mol. The lowest BCUT2D eigenvalue weighted by Crippen LogP contribution is -2.51. The summed E-state index contributed by atoms with van der Waals surface area (Å²) in [6.45, 7) is 1.26. The van der Waals surface area contributed by atoms with Gasteiger partial charge in [-0.15, -0.1) is 0 Å². The number of imide groups is 1. The van der Waals surface area contributed by atoms with E-state index in [1.165, 1.54) is 43.3 Å². The Morgan fingerprint density at radius 2 is 1.39 bits per heavy atom. The molecule has 0 N–H and O–H groups in total. The molecule has 3 atom stereocenters. The highest BCUT2D eigenvalue weighted by atomic mass is 16.5. The normalized spacial score (nSPS) is 23.8. The number of nitrogens with zero attached hydrogens (tertiary/aromatic N) is 1. The summed E-state index contributed by atoms with van der Waals surface area (Å²) in [4.78, 5) is 67.3. The van der Waals surface area contributed by atoms with E-state index in [0.717, 1.165) is 4.90 Å². The van der Waals surface area contributed by atoms with Crippen LogP contribution in [0.25, 0.3) is 0 Å². The van der Waals surface area contributed by atoms with E-state index in [1.807, 2.05) is 0 Å². The second-order valence-electron chi connectivity index (χ2n) is 8.99. The molecule has 0 saturated carbocycles. The van der Waals surface area contributed by atoms with Gasteiger partial charge in [-0.05, 0) is 29.8 Å². The van der Waals surface area contributed by atoms with E-state index in [0.29, 0.717) is 5.56 Å². The molecule has 8 heteroatoms. The Balaban J connectivity index is 1.48. The van der Waals surface area contributed by atoms with Crippen LogP contribution in [-0.4, -0.2) is 35.0 Å². The molecule has 0 aromatic heterocycles. The number of carbonyl (C=O) groups excluding carboxylic acids is 5. The number of amides is 2. The third-order valence-corrected chi connectivity index (χ3v) is 7.00. The number of rotatable bonds is 3. The minimum absolute atomic E-state index is 0.180. The van der Waals surface area contributed by atoms with E-state index in [-0.39, 0.29) is 22.6 Å². The molecule has 1 aliphatic carbocycles. The van der Waals surface area contributed by atoms with Crippen LogP contribution in [-0.2, 0) is 19.1 Å². The van der Waals surface area contributed by atoms with E-state index < -0.39 is 52.9 Å². The first kappa shape index (κ1) is 22.1. The van der Waals surface area contributed by atoms with Crippen molar-refractivity contribution in [1.29, 1.82) is 0 Å².